The van der Waals surface area contributed by atoms with E-state index in [0.29, 0.717) is 21.9 Å². The first-order chi connectivity index (χ1) is 12.8. The molecule has 1 aromatic carbocycles. The van der Waals surface area contributed by atoms with Crippen LogP contribution in [0.25, 0.3) is 5.73 Å². The average Bonchev–Trinajstić information content (AvgIpc) is 2.89. The Hall–Kier alpha value is -0.899. The molecule has 2 rings (SSSR count). The van der Waals surface area contributed by atoms with Gasteiger partial charge in [-0.05, 0) is 12.8 Å². The number of benzene rings is 1. The number of carbonyl (C=O) groups is 1. The number of amides is 1. The van der Waals surface area contributed by atoms with Gasteiger partial charge in [0.05, 0.1) is 9.52 Å². The summed E-state index contributed by atoms with van der Waals surface area (Å²) < 4.78 is 0. The molecule has 0 heterocycles. The normalized spacial score (nSPS) is 14.8. The summed E-state index contributed by atoms with van der Waals surface area (Å²) in [4.78, 5) is 10.1. The summed E-state index contributed by atoms with van der Waals surface area (Å²) in [5.41, 5.74) is 10.9. The standard InChI is InChI=1S/C9H13.C8H17NO.C7H9Si.Ti/c1-6-5-7(2)9(4)8(6)3;1-2-3-4-5-6-7-8(9)10;1-8-7-5-3-2-4-6-7;/h6H,1-4H3;2-7H2,1H3,(H2,9,10);2-6,8H,1H3;/q-1;;;+2/p-1. The largest absolute Gasteiger partial charge is 2.00 e. The molecule has 4 heteroatoms. The van der Waals surface area contributed by atoms with Crippen molar-refractivity contribution in [1.29, 1.82) is 0 Å². The fourth-order valence-electron chi connectivity index (χ4n) is 2.70. The number of hydrogen-bond acceptors (Lipinski definition) is 1. The zero-order valence-corrected chi connectivity index (χ0v) is 21.4. The third-order valence-electron chi connectivity index (χ3n) is 4.88. The van der Waals surface area contributed by atoms with Crippen molar-refractivity contribution >= 4 is 20.6 Å². The van der Waals surface area contributed by atoms with Crippen molar-refractivity contribution in [3.63, 3.8) is 0 Å². The Labute approximate surface area is 191 Å². The van der Waals surface area contributed by atoms with Crippen LogP contribution in [0.1, 0.15) is 73.1 Å². The number of carbonyl (C=O) groups excluding carboxylic acids is 1. The van der Waals surface area contributed by atoms with Crippen LogP contribution in [0.5, 0.6) is 0 Å². The number of unbranched alkanes of at least 4 members (excludes halogenated alkanes) is 4. The maximum atomic E-state index is 10.1. The SMILES string of the molecule is CC1=[C-]C(C)C(C)=C1C.CCCCCCCC([NH-])=O.C[SiH]c1ccccc1.[Ti+2]. The van der Waals surface area contributed by atoms with E-state index in [1.165, 1.54) is 41.2 Å². The molecule has 1 N–H and O–H groups in total. The zero-order valence-electron chi connectivity index (χ0n) is 18.7. The van der Waals surface area contributed by atoms with Crippen LogP contribution in [-0.2, 0) is 26.5 Å². The molecule has 1 amide bonds. The predicted octanol–water partition coefficient (Wildman–Crippen LogP) is 6.44. The van der Waals surface area contributed by atoms with Crippen LogP contribution in [0.4, 0.5) is 0 Å². The van der Waals surface area contributed by atoms with Gasteiger partial charge in [0.1, 0.15) is 0 Å². The second kappa shape index (κ2) is 18.2. The first kappa shape index (κ1) is 29.3. The summed E-state index contributed by atoms with van der Waals surface area (Å²) in [7, 11) is 0.511. The molecular weight excluding hydrogens is 394 g/mol. The van der Waals surface area contributed by atoms with Crippen molar-refractivity contribution in [1.82, 2.24) is 0 Å². The van der Waals surface area contributed by atoms with E-state index in [2.05, 4.69) is 77.6 Å². The van der Waals surface area contributed by atoms with Gasteiger partial charge in [-0.25, -0.2) is 5.57 Å². The molecule has 1 radical (unpaired) electrons. The van der Waals surface area contributed by atoms with Crippen molar-refractivity contribution in [3.05, 3.63) is 58.9 Å². The Kier molecular flexibility index (Phi) is 19.0. The van der Waals surface area contributed by atoms with Crippen molar-refractivity contribution < 1.29 is 26.5 Å². The number of allylic oxidation sites excluding steroid dienone is 4. The van der Waals surface area contributed by atoms with Crippen LogP contribution in [0.3, 0.4) is 0 Å². The third kappa shape index (κ3) is 14.1. The summed E-state index contributed by atoms with van der Waals surface area (Å²) in [6, 6.07) is 10.6. The van der Waals surface area contributed by atoms with Crippen LogP contribution in [0.2, 0.25) is 6.55 Å². The molecule has 2 nitrogen and oxygen atoms in total. The van der Waals surface area contributed by atoms with Crippen LogP contribution < -0.4 is 5.19 Å². The molecule has 0 aliphatic heterocycles. The van der Waals surface area contributed by atoms with Gasteiger partial charge in [0.15, 0.2) is 0 Å². The van der Waals surface area contributed by atoms with Crippen molar-refractivity contribution in [2.24, 2.45) is 5.92 Å². The monoisotopic (exact) mass is 432 g/mol. The first-order valence-corrected chi connectivity index (χ1v) is 11.9. The van der Waals surface area contributed by atoms with Gasteiger partial charge in [-0.2, -0.15) is 11.1 Å². The first-order valence-electron chi connectivity index (χ1n) is 10.2. The minimum atomic E-state index is -0.420. The van der Waals surface area contributed by atoms with Gasteiger partial charge < -0.3 is 10.5 Å². The summed E-state index contributed by atoms with van der Waals surface area (Å²) in [5.74, 6) is 0.140. The van der Waals surface area contributed by atoms with Crippen molar-refractivity contribution in [3.8, 4) is 0 Å². The summed E-state index contributed by atoms with van der Waals surface area (Å²) >= 11 is 0. The van der Waals surface area contributed by atoms with Crippen molar-refractivity contribution in [2.75, 3.05) is 0 Å². The van der Waals surface area contributed by atoms with E-state index in [9.17, 15) is 4.79 Å². The molecule has 1 atom stereocenters. The molecule has 153 valence electrons. The van der Waals surface area contributed by atoms with Gasteiger partial charge in [0.2, 0.25) is 0 Å². The molecule has 0 saturated heterocycles. The molecule has 0 fully saturated rings. The Morgan fingerprint density at radius 3 is 1.96 bits per heavy atom. The number of nitrogens with one attached hydrogen (secondary N) is 1. The van der Waals surface area contributed by atoms with Gasteiger partial charge in [0.25, 0.3) is 0 Å². The van der Waals surface area contributed by atoms with Gasteiger partial charge in [-0.3, -0.25) is 6.08 Å². The summed E-state index contributed by atoms with van der Waals surface area (Å²) in [5, 5.41) is 1.49. The second-order valence-corrected chi connectivity index (χ2v) is 8.33. The van der Waals surface area contributed by atoms with Crippen LogP contribution in [0.15, 0.2) is 47.1 Å². The molecular formula is C24H38NOSiTi. The topological polar surface area (TPSA) is 40.9 Å². The van der Waals surface area contributed by atoms with Gasteiger partial charge in [0, 0.05) is 5.91 Å². The number of rotatable bonds is 7. The molecule has 28 heavy (non-hydrogen) atoms. The molecule has 0 aromatic heterocycles. The molecule has 0 spiro atoms. The van der Waals surface area contributed by atoms with E-state index in [-0.39, 0.29) is 21.7 Å². The van der Waals surface area contributed by atoms with E-state index in [0.717, 1.165) is 12.8 Å². The van der Waals surface area contributed by atoms with Gasteiger partial charge >= 0.3 is 21.7 Å². The smallest absolute Gasteiger partial charge is 0.668 e. The summed E-state index contributed by atoms with van der Waals surface area (Å²) in [6.07, 6.45) is 9.52. The maximum Gasteiger partial charge on any atom is 2.00 e. The maximum absolute atomic E-state index is 10.1. The fraction of sp³-hybridized carbons (Fsp3) is 0.542. The average molecular weight is 433 g/mol. The van der Waals surface area contributed by atoms with E-state index < -0.39 is 5.91 Å². The van der Waals surface area contributed by atoms with E-state index >= 15 is 0 Å². The van der Waals surface area contributed by atoms with E-state index in [1.807, 2.05) is 0 Å². The molecule has 1 aliphatic rings. The van der Waals surface area contributed by atoms with Crippen LogP contribution in [-0.4, -0.2) is 15.4 Å². The zero-order chi connectivity index (χ0) is 20.7. The number of hydrogen-bond donors (Lipinski definition) is 0. The van der Waals surface area contributed by atoms with Crippen LogP contribution >= 0.6 is 0 Å². The fourth-order valence-corrected chi connectivity index (χ4v) is 3.30. The van der Waals surface area contributed by atoms with E-state index in [4.69, 9.17) is 5.73 Å². The van der Waals surface area contributed by atoms with Gasteiger partial charge in [-0.15, -0.1) is 6.92 Å². The van der Waals surface area contributed by atoms with E-state index in [1.54, 1.807) is 0 Å². The summed E-state index contributed by atoms with van der Waals surface area (Å²) in [6.45, 7) is 13.1. The van der Waals surface area contributed by atoms with Crippen molar-refractivity contribution in [2.45, 2.75) is 79.7 Å². The molecule has 1 aliphatic carbocycles. The molecule has 1 aromatic rings. The minimum absolute atomic E-state index is 0. The predicted molar refractivity (Wildman–Crippen MR) is 122 cm³/mol. The third-order valence-corrected chi connectivity index (χ3v) is 5.93. The minimum Gasteiger partial charge on any atom is -0.668 e. The van der Waals surface area contributed by atoms with Crippen LogP contribution in [0, 0.1) is 12.0 Å². The Balaban J connectivity index is 0. The molecule has 1 unspecified atom stereocenters. The van der Waals surface area contributed by atoms with Gasteiger partial charge in [-0.1, -0.05) is 101 Å². The Morgan fingerprint density at radius 1 is 1.07 bits per heavy atom. The molecule has 0 bridgehead atoms. The Morgan fingerprint density at radius 2 is 1.64 bits per heavy atom. The second-order valence-electron chi connectivity index (χ2n) is 7.09. The quantitative estimate of drug-likeness (QED) is 0.278. The Bertz CT molecular complexity index is 596. The molecule has 0 saturated carbocycles.